The third-order valence-electron chi connectivity index (χ3n) is 5.27. The van der Waals surface area contributed by atoms with Crippen LogP contribution in [0.15, 0.2) is 30.7 Å². The molecular formula is C23H24N6O. The van der Waals surface area contributed by atoms with Crippen LogP contribution in [0.5, 0.6) is 0 Å². The molecule has 2 atom stereocenters. The third kappa shape index (κ3) is 4.42. The summed E-state index contributed by atoms with van der Waals surface area (Å²) in [6, 6.07) is 5.74. The topological polar surface area (TPSA) is 88.8 Å². The summed E-state index contributed by atoms with van der Waals surface area (Å²) >= 11 is 0. The molecule has 1 saturated carbocycles. The van der Waals surface area contributed by atoms with Crippen LogP contribution in [-0.4, -0.2) is 35.2 Å². The number of imidazole rings is 1. The van der Waals surface area contributed by atoms with E-state index >= 15 is 0 Å². The molecule has 3 heterocycles. The van der Waals surface area contributed by atoms with Gasteiger partial charge in [-0.15, -0.1) is 6.42 Å². The average molecular weight is 400 g/mol. The van der Waals surface area contributed by atoms with Crippen LogP contribution in [0.25, 0.3) is 11.2 Å². The summed E-state index contributed by atoms with van der Waals surface area (Å²) in [5, 5.41) is 14.1. The summed E-state index contributed by atoms with van der Waals surface area (Å²) in [4.78, 5) is 17.9. The first-order valence-corrected chi connectivity index (χ1v) is 10.1. The molecule has 0 amide bonds. The molecule has 2 unspecified atom stereocenters. The fraction of sp³-hybridized carbons (Fsp3) is 0.391. The van der Waals surface area contributed by atoms with Gasteiger partial charge < -0.3 is 15.0 Å². The molecule has 2 N–H and O–H groups in total. The zero-order valence-corrected chi connectivity index (χ0v) is 17.0. The lowest BCUT2D eigenvalue weighted by Crippen LogP contribution is -2.32. The van der Waals surface area contributed by atoms with E-state index < -0.39 is 5.60 Å². The predicted molar refractivity (Wildman–Crippen MR) is 115 cm³/mol. The Kier molecular flexibility index (Phi) is 5.65. The van der Waals surface area contributed by atoms with E-state index in [0.29, 0.717) is 54.7 Å². The fourth-order valence-electron chi connectivity index (χ4n) is 3.82. The van der Waals surface area contributed by atoms with Gasteiger partial charge in [0.2, 0.25) is 5.82 Å². The standard InChI is InChI=1S/C23H24N6O/c1-3-13-29-16-26-20-21(25-15-18-8-4-5-12-24-18)27-19(28-22(20)29)9-11-23(30)10-6-7-17(2)14-23/h1,4-5,8,12,16-17,30H,6-7,10,13-15H2,2H3,(H,25,27,28). The maximum absolute atomic E-state index is 10.8. The quantitative estimate of drug-likeness (QED) is 0.655. The third-order valence-corrected chi connectivity index (χ3v) is 5.27. The van der Waals surface area contributed by atoms with E-state index in [4.69, 9.17) is 6.42 Å². The first-order valence-electron chi connectivity index (χ1n) is 10.1. The van der Waals surface area contributed by atoms with Crippen LogP contribution in [0, 0.1) is 30.1 Å². The lowest BCUT2D eigenvalue weighted by molar-refractivity contribution is 0.0410. The number of hydrogen-bond acceptors (Lipinski definition) is 6. The van der Waals surface area contributed by atoms with Crippen molar-refractivity contribution in [1.82, 2.24) is 24.5 Å². The zero-order valence-electron chi connectivity index (χ0n) is 17.0. The van der Waals surface area contributed by atoms with E-state index in [0.717, 1.165) is 18.5 Å². The molecule has 0 radical (unpaired) electrons. The lowest BCUT2D eigenvalue weighted by atomic mass is 9.79. The Morgan fingerprint density at radius 1 is 1.33 bits per heavy atom. The summed E-state index contributed by atoms with van der Waals surface area (Å²) in [5.74, 6) is 9.98. The zero-order chi connectivity index (χ0) is 21.0. The lowest BCUT2D eigenvalue weighted by Gasteiger charge is -2.30. The molecule has 0 aliphatic heterocycles. The maximum Gasteiger partial charge on any atom is 0.209 e. The first kappa shape index (κ1) is 19.9. The number of terminal acetylenes is 1. The van der Waals surface area contributed by atoms with Crippen LogP contribution < -0.4 is 5.32 Å². The molecule has 0 spiro atoms. The minimum Gasteiger partial charge on any atom is -0.378 e. The molecule has 0 bridgehead atoms. The van der Waals surface area contributed by atoms with Crippen molar-refractivity contribution in [2.45, 2.75) is 51.3 Å². The van der Waals surface area contributed by atoms with Crippen molar-refractivity contribution in [3.63, 3.8) is 0 Å². The second kappa shape index (κ2) is 8.52. The van der Waals surface area contributed by atoms with Crippen molar-refractivity contribution in [2.75, 3.05) is 5.32 Å². The van der Waals surface area contributed by atoms with E-state index in [1.807, 2.05) is 18.2 Å². The summed E-state index contributed by atoms with van der Waals surface area (Å²) in [5.41, 5.74) is 1.12. The Balaban J connectivity index is 1.68. The Morgan fingerprint density at radius 3 is 3.00 bits per heavy atom. The van der Waals surface area contributed by atoms with Crippen molar-refractivity contribution in [2.24, 2.45) is 5.92 Å². The van der Waals surface area contributed by atoms with Gasteiger partial charge in [0.1, 0.15) is 5.60 Å². The number of fused-ring (bicyclic) bond motifs is 1. The van der Waals surface area contributed by atoms with Gasteiger partial charge in [-0.3, -0.25) is 4.98 Å². The van der Waals surface area contributed by atoms with Crippen LogP contribution in [0.1, 0.15) is 44.1 Å². The Bertz CT molecular complexity index is 1140. The van der Waals surface area contributed by atoms with Gasteiger partial charge in [-0.1, -0.05) is 31.3 Å². The number of anilines is 1. The van der Waals surface area contributed by atoms with Gasteiger partial charge in [-0.25, -0.2) is 15.0 Å². The molecule has 30 heavy (non-hydrogen) atoms. The molecule has 1 aliphatic rings. The highest BCUT2D eigenvalue weighted by Crippen LogP contribution is 2.31. The minimum atomic E-state index is -0.989. The van der Waals surface area contributed by atoms with Crippen molar-refractivity contribution in [3.8, 4) is 24.2 Å². The highest BCUT2D eigenvalue weighted by molar-refractivity contribution is 5.83. The van der Waals surface area contributed by atoms with E-state index in [1.54, 1.807) is 17.1 Å². The number of aliphatic hydroxyl groups is 1. The van der Waals surface area contributed by atoms with Gasteiger partial charge in [-0.05, 0) is 43.2 Å². The molecular weight excluding hydrogens is 376 g/mol. The van der Waals surface area contributed by atoms with Gasteiger partial charge in [0, 0.05) is 6.20 Å². The fourth-order valence-corrected chi connectivity index (χ4v) is 3.82. The highest BCUT2D eigenvalue weighted by atomic mass is 16.3. The summed E-state index contributed by atoms with van der Waals surface area (Å²) in [6.07, 6.45) is 12.3. The predicted octanol–water partition coefficient (Wildman–Crippen LogP) is 2.76. The average Bonchev–Trinajstić information content (AvgIpc) is 3.14. The second-order valence-electron chi connectivity index (χ2n) is 7.80. The van der Waals surface area contributed by atoms with E-state index in [1.165, 1.54) is 0 Å². The molecule has 1 aliphatic carbocycles. The molecule has 3 aromatic heterocycles. The van der Waals surface area contributed by atoms with Crippen LogP contribution >= 0.6 is 0 Å². The Labute approximate surface area is 176 Å². The number of nitrogens with zero attached hydrogens (tertiary/aromatic N) is 5. The molecule has 0 aromatic carbocycles. The summed E-state index contributed by atoms with van der Waals surface area (Å²) in [6.45, 7) is 2.98. The van der Waals surface area contributed by atoms with Crippen molar-refractivity contribution in [1.29, 1.82) is 0 Å². The molecule has 4 rings (SSSR count). The Morgan fingerprint density at radius 2 is 2.23 bits per heavy atom. The van der Waals surface area contributed by atoms with E-state index in [-0.39, 0.29) is 0 Å². The van der Waals surface area contributed by atoms with Crippen LogP contribution in [0.4, 0.5) is 5.82 Å². The number of rotatable bonds is 4. The van der Waals surface area contributed by atoms with Crippen LogP contribution in [0.2, 0.25) is 0 Å². The van der Waals surface area contributed by atoms with Crippen molar-refractivity contribution in [3.05, 3.63) is 42.2 Å². The van der Waals surface area contributed by atoms with E-state index in [2.05, 4.69) is 49.9 Å². The highest BCUT2D eigenvalue weighted by Gasteiger charge is 2.30. The molecule has 7 nitrogen and oxygen atoms in total. The first-order chi connectivity index (χ1) is 14.6. The van der Waals surface area contributed by atoms with Gasteiger partial charge in [0.25, 0.3) is 0 Å². The molecule has 152 valence electrons. The van der Waals surface area contributed by atoms with Crippen molar-refractivity contribution >= 4 is 17.0 Å². The minimum absolute atomic E-state index is 0.330. The van der Waals surface area contributed by atoms with Crippen molar-refractivity contribution < 1.29 is 5.11 Å². The molecule has 1 fully saturated rings. The number of aromatic nitrogens is 5. The van der Waals surface area contributed by atoms with Crippen LogP contribution in [-0.2, 0) is 13.1 Å². The second-order valence-corrected chi connectivity index (χ2v) is 7.80. The number of nitrogens with one attached hydrogen (secondary N) is 1. The van der Waals surface area contributed by atoms with Gasteiger partial charge >= 0.3 is 0 Å². The monoisotopic (exact) mass is 400 g/mol. The largest absolute Gasteiger partial charge is 0.378 e. The molecule has 7 heteroatoms. The smallest absolute Gasteiger partial charge is 0.209 e. The van der Waals surface area contributed by atoms with Gasteiger partial charge in [0.15, 0.2) is 17.0 Å². The number of hydrogen-bond donors (Lipinski definition) is 2. The van der Waals surface area contributed by atoms with Gasteiger partial charge in [-0.2, -0.15) is 0 Å². The van der Waals surface area contributed by atoms with Crippen LogP contribution in [0.3, 0.4) is 0 Å². The van der Waals surface area contributed by atoms with E-state index in [9.17, 15) is 5.11 Å². The summed E-state index contributed by atoms with van der Waals surface area (Å²) < 4.78 is 1.78. The Hall–Kier alpha value is -3.42. The summed E-state index contributed by atoms with van der Waals surface area (Å²) in [7, 11) is 0. The molecule has 3 aromatic rings. The normalized spacial score (nSPS) is 20.9. The number of pyridine rings is 1. The molecule has 0 saturated heterocycles. The maximum atomic E-state index is 10.8. The van der Waals surface area contributed by atoms with Gasteiger partial charge in [0.05, 0.1) is 25.1 Å². The SMILES string of the molecule is C#CCn1cnc2c(NCc3ccccn3)nc(C#CC3(O)CCCC(C)C3)nc21.